The number of benzene rings is 1. The van der Waals surface area contributed by atoms with Crippen LogP contribution in [0.15, 0.2) is 48.9 Å². The minimum absolute atomic E-state index is 0.0625. The van der Waals surface area contributed by atoms with E-state index in [1.165, 1.54) is 0 Å². The third-order valence-electron chi connectivity index (χ3n) is 2.67. The monoisotopic (exact) mass is 225 g/mol. The molecule has 0 fully saturated rings. The molecule has 0 aliphatic heterocycles. The molecule has 17 heavy (non-hydrogen) atoms. The predicted octanol–water partition coefficient (Wildman–Crippen LogP) is 1.89. The van der Waals surface area contributed by atoms with Crippen molar-refractivity contribution in [2.45, 2.75) is 6.61 Å². The lowest BCUT2D eigenvalue weighted by molar-refractivity contribution is 0.282. The molecule has 0 saturated carbocycles. The van der Waals surface area contributed by atoms with Crippen LogP contribution in [0.3, 0.4) is 0 Å². The lowest BCUT2D eigenvalue weighted by atomic mass is 10.1. The van der Waals surface area contributed by atoms with Crippen molar-refractivity contribution in [2.75, 3.05) is 0 Å². The van der Waals surface area contributed by atoms with E-state index in [0.717, 1.165) is 16.8 Å². The summed E-state index contributed by atoms with van der Waals surface area (Å²) in [4.78, 5) is 8.60. The molecule has 0 spiro atoms. The van der Waals surface area contributed by atoms with Gasteiger partial charge in [-0.3, -0.25) is 4.40 Å². The third kappa shape index (κ3) is 1.79. The van der Waals surface area contributed by atoms with Crippen molar-refractivity contribution in [2.24, 2.45) is 0 Å². The largest absolute Gasteiger partial charge is 0.392 e. The first-order chi connectivity index (χ1) is 8.36. The summed E-state index contributed by atoms with van der Waals surface area (Å²) in [6.45, 7) is 0.0625. The summed E-state index contributed by atoms with van der Waals surface area (Å²) in [5.74, 6) is 0.689. The standard InChI is InChI=1S/C13H11N3O/c17-9-10-2-4-11(5-3-10)12-8-16-7-1-6-14-13(16)15-12/h1-8,17H,9H2. The van der Waals surface area contributed by atoms with Gasteiger partial charge in [0, 0.05) is 24.2 Å². The zero-order chi connectivity index (χ0) is 11.7. The lowest BCUT2D eigenvalue weighted by Crippen LogP contribution is -1.83. The molecule has 0 saturated heterocycles. The van der Waals surface area contributed by atoms with Gasteiger partial charge in [0.25, 0.3) is 0 Å². The van der Waals surface area contributed by atoms with Crippen molar-refractivity contribution < 1.29 is 5.11 Å². The molecule has 0 amide bonds. The van der Waals surface area contributed by atoms with Crippen LogP contribution in [0.1, 0.15) is 5.56 Å². The summed E-state index contributed by atoms with van der Waals surface area (Å²) in [6, 6.07) is 9.56. The average molecular weight is 225 g/mol. The second-order valence-electron chi connectivity index (χ2n) is 3.81. The van der Waals surface area contributed by atoms with Crippen LogP contribution in [0.4, 0.5) is 0 Å². The Labute approximate surface area is 98.2 Å². The molecule has 0 aliphatic rings. The molecule has 3 aromatic rings. The maximum Gasteiger partial charge on any atom is 0.234 e. The van der Waals surface area contributed by atoms with Gasteiger partial charge in [-0.15, -0.1) is 0 Å². The van der Waals surface area contributed by atoms with Gasteiger partial charge >= 0.3 is 0 Å². The zero-order valence-electron chi connectivity index (χ0n) is 9.11. The van der Waals surface area contributed by atoms with E-state index in [1.807, 2.05) is 47.1 Å². The number of nitrogens with zero attached hydrogens (tertiary/aromatic N) is 3. The van der Waals surface area contributed by atoms with Gasteiger partial charge in [0.15, 0.2) is 0 Å². The van der Waals surface area contributed by atoms with Crippen molar-refractivity contribution in [1.82, 2.24) is 14.4 Å². The molecule has 84 valence electrons. The molecule has 4 heteroatoms. The number of hydrogen-bond acceptors (Lipinski definition) is 3. The summed E-state index contributed by atoms with van der Waals surface area (Å²) in [7, 11) is 0. The number of aromatic nitrogens is 3. The summed E-state index contributed by atoms with van der Waals surface area (Å²) in [6.07, 6.45) is 5.58. The van der Waals surface area contributed by atoms with Crippen molar-refractivity contribution in [3.05, 3.63) is 54.5 Å². The molecule has 1 N–H and O–H groups in total. The molecule has 2 aromatic heterocycles. The Balaban J connectivity index is 2.07. The van der Waals surface area contributed by atoms with E-state index >= 15 is 0 Å². The third-order valence-corrected chi connectivity index (χ3v) is 2.67. The first-order valence-electron chi connectivity index (χ1n) is 5.37. The Morgan fingerprint density at radius 1 is 1.18 bits per heavy atom. The molecule has 2 heterocycles. The first kappa shape index (κ1) is 9.99. The second kappa shape index (κ2) is 3.99. The van der Waals surface area contributed by atoms with Crippen LogP contribution in [0, 0.1) is 0 Å². The molecular formula is C13H11N3O. The van der Waals surface area contributed by atoms with Gasteiger partial charge in [0.05, 0.1) is 12.3 Å². The van der Waals surface area contributed by atoms with E-state index in [4.69, 9.17) is 5.11 Å². The van der Waals surface area contributed by atoms with E-state index in [-0.39, 0.29) is 6.61 Å². The Hall–Kier alpha value is -2.20. The van der Waals surface area contributed by atoms with Crippen LogP contribution < -0.4 is 0 Å². The van der Waals surface area contributed by atoms with Gasteiger partial charge in [-0.25, -0.2) is 9.97 Å². The Bertz CT molecular complexity index is 610. The minimum Gasteiger partial charge on any atom is -0.392 e. The first-order valence-corrected chi connectivity index (χ1v) is 5.37. The Morgan fingerprint density at radius 2 is 2.00 bits per heavy atom. The van der Waals surface area contributed by atoms with E-state index in [1.54, 1.807) is 6.20 Å². The lowest BCUT2D eigenvalue weighted by Gasteiger charge is -1.98. The summed E-state index contributed by atoms with van der Waals surface area (Å²) < 4.78 is 1.88. The van der Waals surface area contributed by atoms with Gasteiger partial charge < -0.3 is 5.11 Å². The van der Waals surface area contributed by atoms with E-state index in [9.17, 15) is 0 Å². The number of imidazole rings is 1. The van der Waals surface area contributed by atoms with Gasteiger partial charge in [0.1, 0.15) is 0 Å². The minimum atomic E-state index is 0.0625. The number of fused-ring (bicyclic) bond motifs is 1. The normalized spacial score (nSPS) is 10.9. The van der Waals surface area contributed by atoms with Gasteiger partial charge in [0.2, 0.25) is 5.78 Å². The average Bonchev–Trinajstić information content (AvgIpc) is 2.82. The highest BCUT2D eigenvalue weighted by Crippen LogP contribution is 2.18. The molecule has 1 aromatic carbocycles. The fraction of sp³-hybridized carbons (Fsp3) is 0.0769. The molecule has 0 unspecified atom stereocenters. The Kier molecular flexibility index (Phi) is 2.34. The molecular weight excluding hydrogens is 214 g/mol. The number of hydrogen-bond donors (Lipinski definition) is 1. The van der Waals surface area contributed by atoms with Crippen LogP contribution in [-0.2, 0) is 6.61 Å². The maximum atomic E-state index is 8.98. The quantitative estimate of drug-likeness (QED) is 0.724. The van der Waals surface area contributed by atoms with Gasteiger partial charge in [-0.2, -0.15) is 0 Å². The predicted molar refractivity (Wildman–Crippen MR) is 64.3 cm³/mol. The number of rotatable bonds is 2. The van der Waals surface area contributed by atoms with Crippen molar-refractivity contribution in [3.8, 4) is 11.3 Å². The molecule has 0 aliphatic carbocycles. The van der Waals surface area contributed by atoms with Crippen LogP contribution in [0.5, 0.6) is 0 Å². The van der Waals surface area contributed by atoms with Crippen molar-refractivity contribution in [1.29, 1.82) is 0 Å². The summed E-state index contributed by atoms with van der Waals surface area (Å²) >= 11 is 0. The van der Waals surface area contributed by atoms with Crippen LogP contribution in [0.2, 0.25) is 0 Å². The highest BCUT2D eigenvalue weighted by atomic mass is 16.3. The molecule has 3 rings (SSSR count). The summed E-state index contributed by atoms with van der Waals surface area (Å²) in [5.41, 5.74) is 2.80. The zero-order valence-corrected chi connectivity index (χ0v) is 9.11. The fourth-order valence-electron chi connectivity index (χ4n) is 1.75. The number of aliphatic hydroxyl groups excluding tert-OH is 1. The second-order valence-corrected chi connectivity index (χ2v) is 3.81. The van der Waals surface area contributed by atoms with Crippen molar-refractivity contribution >= 4 is 5.78 Å². The van der Waals surface area contributed by atoms with E-state index in [0.29, 0.717) is 5.78 Å². The fourth-order valence-corrected chi connectivity index (χ4v) is 1.75. The highest BCUT2D eigenvalue weighted by molar-refractivity contribution is 5.61. The smallest absolute Gasteiger partial charge is 0.234 e. The molecule has 0 bridgehead atoms. The SMILES string of the molecule is OCc1ccc(-c2cn3cccnc3n2)cc1. The summed E-state index contributed by atoms with van der Waals surface area (Å²) in [5, 5.41) is 8.98. The van der Waals surface area contributed by atoms with Gasteiger partial charge in [-0.05, 0) is 11.6 Å². The Morgan fingerprint density at radius 3 is 2.71 bits per heavy atom. The number of aliphatic hydroxyl groups is 1. The van der Waals surface area contributed by atoms with Crippen LogP contribution in [0.25, 0.3) is 17.0 Å². The van der Waals surface area contributed by atoms with E-state index in [2.05, 4.69) is 9.97 Å². The van der Waals surface area contributed by atoms with Gasteiger partial charge in [-0.1, -0.05) is 24.3 Å². The molecule has 0 radical (unpaired) electrons. The maximum absolute atomic E-state index is 8.98. The van der Waals surface area contributed by atoms with Crippen molar-refractivity contribution in [3.63, 3.8) is 0 Å². The van der Waals surface area contributed by atoms with Crippen LogP contribution >= 0.6 is 0 Å². The molecule has 4 nitrogen and oxygen atoms in total. The highest BCUT2D eigenvalue weighted by Gasteiger charge is 2.04. The van der Waals surface area contributed by atoms with E-state index < -0.39 is 0 Å². The topological polar surface area (TPSA) is 50.4 Å². The van der Waals surface area contributed by atoms with Crippen LogP contribution in [-0.4, -0.2) is 19.5 Å². The molecule has 0 atom stereocenters.